The molecule has 1 aliphatic rings. The van der Waals surface area contributed by atoms with Crippen molar-refractivity contribution in [1.82, 2.24) is 0 Å². The van der Waals surface area contributed by atoms with Crippen LogP contribution in [0.5, 0.6) is 5.75 Å². The van der Waals surface area contributed by atoms with E-state index in [1.54, 1.807) is 24.3 Å². The molecule has 1 heterocycles. The van der Waals surface area contributed by atoms with Crippen LogP contribution in [0.25, 0.3) is 0 Å². The van der Waals surface area contributed by atoms with Gasteiger partial charge in [-0.1, -0.05) is 36.4 Å². The molecule has 2 aromatic carbocycles. The number of carbonyl (C=O) groups is 2. The van der Waals surface area contributed by atoms with E-state index >= 15 is 0 Å². The predicted octanol–water partition coefficient (Wildman–Crippen LogP) is 2.79. The quantitative estimate of drug-likeness (QED) is 0.348. The fourth-order valence-electron chi connectivity index (χ4n) is 2.72. The van der Waals surface area contributed by atoms with E-state index in [1.807, 2.05) is 6.07 Å². The summed E-state index contributed by atoms with van der Waals surface area (Å²) in [6.07, 6.45) is 1.76. The molecule has 3 rings (SSSR count). The van der Waals surface area contributed by atoms with Crippen molar-refractivity contribution < 1.29 is 24.0 Å². The van der Waals surface area contributed by atoms with E-state index < -0.39 is 17.0 Å². The van der Waals surface area contributed by atoms with E-state index in [-0.39, 0.29) is 23.9 Å². The highest BCUT2D eigenvalue weighted by atomic mass is 16.6. The standard InChI is InChI=1S/C19H16N2O6/c1-26-17(22)8-5-11-20-15-10-9-14(21(24)25)12-16(15)27-18(19(20)23)13-6-3-2-4-7-13/h2-10,12,18H,11H2,1H3/b8-5+/t18-/m0/s1. The van der Waals surface area contributed by atoms with Crippen LogP contribution in [0.4, 0.5) is 11.4 Å². The number of nitrogens with zero attached hydrogens (tertiary/aromatic N) is 2. The Kier molecular flexibility index (Phi) is 5.16. The van der Waals surface area contributed by atoms with E-state index in [0.29, 0.717) is 11.3 Å². The number of carbonyl (C=O) groups excluding carboxylic acids is 2. The number of fused-ring (bicyclic) bond motifs is 1. The lowest BCUT2D eigenvalue weighted by atomic mass is 10.1. The predicted molar refractivity (Wildman–Crippen MR) is 96.4 cm³/mol. The summed E-state index contributed by atoms with van der Waals surface area (Å²) in [4.78, 5) is 36.2. The Morgan fingerprint density at radius 3 is 2.70 bits per heavy atom. The zero-order valence-electron chi connectivity index (χ0n) is 14.4. The normalized spacial score (nSPS) is 16.0. The van der Waals surface area contributed by atoms with Gasteiger partial charge in [-0.05, 0) is 6.07 Å². The van der Waals surface area contributed by atoms with Crippen LogP contribution >= 0.6 is 0 Å². The first-order chi connectivity index (χ1) is 13.0. The Bertz CT molecular complexity index is 910. The zero-order chi connectivity index (χ0) is 19.4. The Hall–Kier alpha value is -3.68. The molecular formula is C19H16N2O6. The fourth-order valence-corrected chi connectivity index (χ4v) is 2.72. The van der Waals surface area contributed by atoms with E-state index in [9.17, 15) is 19.7 Å². The molecule has 1 atom stereocenters. The number of amides is 1. The minimum Gasteiger partial charge on any atom is -0.473 e. The number of anilines is 1. The molecule has 0 fully saturated rings. The van der Waals surface area contributed by atoms with Gasteiger partial charge in [-0.15, -0.1) is 0 Å². The molecule has 138 valence electrons. The van der Waals surface area contributed by atoms with Crippen LogP contribution in [0.15, 0.2) is 60.7 Å². The molecule has 0 radical (unpaired) electrons. The van der Waals surface area contributed by atoms with Crippen molar-refractivity contribution in [3.05, 3.63) is 76.4 Å². The third-order valence-electron chi connectivity index (χ3n) is 4.03. The molecule has 0 unspecified atom stereocenters. The van der Waals surface area contributed by atoms with Crippen LogP contribution in [-0.4, -0.2) is 30.5 Å². The van der Waals surface area contributed by atoms with Gasteiger partial charge in [0.05, 0.1) is 23.8 Å². The number of ether oxygens (including phenoxy) is 2. The Morgan fingerprint density at radius 1 is 1.30 bits per heavy atom. The van der Waals surface area contributed by atoms with Crippen molar-refractivity contribution in [3.8, 4) is 5.75 Å². The molecule has 1 aliphatic heterocycles. The summed E-state index contributed by atoms with van der Waals surface area (Å²) in [5.41, 5.74) is 0.883. The van der Waals surface area contributed by atoms with Crippen molar-refractivity contribution in [2.45, 2.75) is 6.10 Å². The van der Waals surface area contributed by atoms with Crippen LogP contribution < -0.4 is 9.64 Å². The highest BCUT2D eigenvalue weighted by molar-refractivity contribution is 6.01. The first-order valence-corrected chi connectivity index (χ1v) is 8.07. The number of nitro benzene ring substituents is 1. The summed E-state index contributed by atoms with van der Waals surface area (Å²) >= 11 is 0. The van der Waals surface area contributed by atoms with E-state index in [4.69, 9.17) is 4.74 Å². The number of rotatable bonds is 5. The Morgan fingerprint density at radius 2 is 2.04 bits per heavy atom. The second-order valence-corrected chi connectivity index (χ2v) is 5.69. The summed E-state index contributed by atoms with van der Waals surface area (Å²) in [7, 11) is 1.26. The Balaban J connectivity index is 2.00. The van der Waals surface area contributed by atoms with E-state index in [1.165, 1.54) is 42.4 Å². The number of hydrogen-bond acceptors (Lipinski definition) is 6. The topological polar surface area (TPSA) is 99.0 Å². The van der Waals surface area contributed by atoms with Crippen molar-refractivity contribution in [2.24, 2.45) is 0 Å². The number of benzene rings is 2. The molecule has 8 heteroatoms. The monoisotopic (exact) mass is 368 g/mol. The maximum Gasteiger partial charge on any atom is 0.330 e. The lowest BCUT2D eigenvalue weighted by Crippen LogP contribution is -2.41. The minimum atomic E-state index is -0.938. The van der Waals surface area contributed by atoms with Crippen molar-refractivity contribution in [1.29, 1.82) is 0 Å². The average Bonchev–Trinajstić information content (AvgIpc) is 2.69. The number of non-ortho nitro benzene ring substituents is 1. The summed E-state index contributed by atoms with van der Waals surface area (Å²) in [6.45, 7) is 0.0887. The smallest absolute Gasteiger partial charge is 0.330 e. The van der Waals surface area contributed by atoms with Gasteiger partial charge >= 0.3 is 5.97 Å². The molecule has 0 bridgehead atoms. The highest BCUT2D eigenvalue weighted by Gasteiger charge is 2.35. The van der Waals surface area contributed by atoms with Crippen LogP contribution in [0.3, 0.4) is 0 Å². The molecule has 1 amide bonds. The maximum absolute atomic E-state index is 13.0. The molecule has 0 spiro atoms. The van der Waals surface area contributed by atoms with Crippen LogP contribution in [-0.2, 0) is 14.3 Å². The number of nitro groups is 1. The van der Waals surface area contributed by atoms with Gasteiger partial charge in [0.25, 0.3) is 11.6 Å². The largest absolute Gasteiger partial charge is 0.473 e. The summed E-state index contributed by atoms with van der Waals surface area (Å²) < 4.78 is 10.3. The molecule has 27 heavy (non-hydrogen) atoms. The van der Waals surface area contributed by atoms with E-state index in [2.05, 4.69) is 4.74 Å². The van der Waals surface area contributed by atoms with Gasteiger partial charge in [0, 0.05) is 24.3 Å². The second kappa shape index (κ2) is 7.69. The maximum atomic E-state index is 13.0. The van der Waals surface area contributed by atoms with Gasteiger partial charge in [-0.2, -0.15) is 0 Å². The summed E-state index contributed by atoms with van der Waals surface area (Å²) in [5.74, 6) is -0.652. The summed E-state index contributed by atoms with van der Waals surface area (Å²) in [6, 6.07) is 12.9. The van der Waals surface area contributed by atoms with Crippen LogP contribution in [0, 0.1) is 10.1 Å². The van der Waals surface area contributed by atoms with Gasteiger partial charge in [0.15, 0.2) is 5.75 Å². The van der Waals surface area contributed by atoms with Crippen molar-refractivity contribution in [3.63, 3.8) is 0 Å². The average molecular weight is 368 g/mol. The van der Waals surface area contributed by atoms with Crippen molar-refractivity contribution >= 4 is 23.3 Å². The Labute approximate surface area is 154 Å². The lowest BCUT2D eigenvalue weighted by Gasteiger charge is -2.33. The number of methoxy groups -OCH3 is 1. The first kappa shape index (κ1) is 18.1. The lowest BCUT2D eigenvalue weighted by molar-refractivity contribution is -0.384. The van der Waals surface area contributed by atoms with Gasteiger partial charge in [-0.3, -0.25) is 14.9 Å². The van der Waals surface area contributed by atoms with Gasteiger partial charge in [0.2, 0.25) is 6.10 Å². The van der Waals surface area contributed by atoms with E-state index in [0.717, 1.165) is 0 Å². The van der Waals surface area contributed by atoms with Crippen LogP contribution in [0.1, 0.15) is 11.7 Å². The second-order valence-electron chi connectivity index (χ2n) is 5.69. The first-order valence-electron chi connectivity index (χ1n) is 8.07. The van der Waals surface area contributed by atoms with Crippen LogP contribution in [0.2, 0.25) is 0 Å². The van der Waals surface area contributed by atoms with Gasteiger partial charge in [-0.25, -0.2) is 4.79 Å². The molecule has 8 nitrogen and oxygen atoms in total. The third kappa shape index (κ3) is 3.79. The molecular weight excluding hydrogens is 352 g/mol. The summed E-state index contributed by atoms with van der Waals surface area (Å²) in [5, 5.41) is 11.1. The zero-order valence-corrected chi connectivity index (χ0v) is 14.4. The number of hydrogen-bond donors (Lipinski definition) is 0. The SMILES string of the molecule is COC(=O)/C=C/CN1C(=O)[C@H](c2ccccc2)Oc2cc([N+](=O)[O-])ccc21. The minimum absolute atomic E-state index is 0.0887. The van der Waals surface area contributed by atoms with Gasteiger partial charge in [0.1, 0.15) is 0 Å². The molecule has 0 saturated heterocycles. The number of esters is 1. The third-order valence-corrected chi connectivity index (χ3v) is 4.03. The molecule has 2 aromatic rings. The van der Waals surface area contributed by atoms with Gasteiger partial charge < -0.3 is 14.4 Å². The van der Waals surface area contributed by atoms with Crippen molar-refractivity contribution in [2.75, 3.05) is 18.6 Å². The fraction of sp³-hybridized carbons (Fsp3) is 0.158. The molecule has 0 N–H and O–H groups in total. The highest BCUT2D eigenvalue weighted by Crippen LogP contribution is 2.40. The molecule has 0 saturated carbocycles. The molecule has 0 aliphatic carbocycles. The molecule has 0 aromatic heterocycles.